The Bertz CT molecular complexity index is 389. The minimum Gasteiger partial charge on any atom is -0.372 e. The number of benzene rings is 1. The van der Waals surface area contributed by atoms with Crippen molar-refractivity contribution in [1.29, 1.82) is 0 Å². The van der Waals surface area contributed by atoms with E-state index in [1.54, 1.807) is 6.07 Å². The summed E-state index contributed by atoms with van der Waals surface area (Å²) in [5, 5.41) is 0.667. The van der Waals surface area contributed by atoms with E-state index in [9.17, 15) is 4.39 Å². The summed E-state index contributed by atoms with van der Waals surface area (Å²) in [4.78, 5) is 2.09. The van der Waals surface area contributed by atoms with Crippen LogP contribution in [-0.2, 0) is 10.1 Å². The Kier molecular flexibility index (Phi) is 4.05. The molecule has 1 saturated heterocycles. The van der Waals surface area contributed by atoms with Gasteiger partial charge in [-0.3, -0.25) is 0 Å². The minimum absolute atomic E-state index is 0.140. The summed E-state index contributed by atoms with van der Waals surface area (Å²) in [5.74, 6) is -0.150. The van der Waals surface area contributed by atoms with Crippen molar-refractivity contribution in [1.82, 2.24) is 0 Å². The van der Waals surface area contributed by atoms with E-state index in [2.05, 4.69) is 20.8 Å². The SMILES string of the molecule is C[C@@H]1CN(c2c(F)cccc2CBr)C[C@H](C)O1. The molecule has 0 saturated carbocycles. The molecule has 0 unspecified atom stereocenters. The molecule has 0 spiro atoms. The van der Waals surface area contributed by atoms with E-state index in [-0.39, 0.29) is 18.0 Å². The van der Waals surface area contributed by atoms with Crippen LogP contribution in [-0.4, -0.2) is 25.3 Å². The number of ether oxygens (including phenoxy) is 1. The number of para-hydroxylation sites is 1. The second-order valence-electron chi connectivity index (χ2n) is 4.54. The fourth-order valence-corrected chi connectivity index (χ4v) is 2.83. The Balaban J connectivity index is 2.32. The van der Waals surface area contributed by atoms with Crippen molar-refractivity contribution in [2.75, 3.05) is 18.0 Å². The third kappa shape index (κ3) is 2.80. The van der Waals surface area contributed by atoms with E-state index in [1.165, 1.54) is 6.07 Å². The Hall–Kier alpha value is -0.610. The topological polar surface area (TPSA) is 12.5 Å². The molecule has 0 bridgehead atoms. The molecule has 0 N–H and O–H groups in total. The first-order chi connectivity index (χ1) is 8.11. The monoisotopic (exact) mass is 301 g/mol. The van der Waals surface area contributed by atoms with E-state index in [1.807, 2.05) is 19.9 Å². The van der Waals surface area contributed by atoms with Crippen LogP contribution in [0, 0.1) is 5.82 Å². The zero-order valence-electron chi connectivity index (χ0n) is 10.1. The van der Waals surface area contributed by atoms with Crippen LogP contribution in [0.3, 0.4) is 0 Å². The molecule has 1 aliphatic rings. The number of hydrogen-bond donors (Lipinski definition) is 0. The summed E-state index contributed by atoms with van der Waals surface area (Å²) < 4.78 is 19.6. The lowest BCUT2D eigenvalue weighted by Gasteiger charge is -2.37. The van der Waals surface area contributed by atoms with Gasteiger partial charge < -0.3 is 9.64 Å². The maximum atomic E-state index is 14.0. The molecule has 94 valence electrons. The van der Waals surface area contributed by atoms with Gasteiger partial charge in [0.25, 0.3) is 0 Å². The maximum Gasteiger partial charge on any atom is 0.146 e. The lowest BCUT2D eigenvalue weighted by molar-refractivity contribution is -0.00542. The molecule has 17 heavy (non-hydrogen) atoms. The van der Waals surface area contributed by atoms with Gasteiger partial charge in [0.2, 0.25) is 0 Å². The molecule has 0 amide bonds. The van der Waals surface area contributed by atoms with Crippen LogP contribution in [0.4, 0.5) is 10.1 Å². The van der Waals surface area contributed by atoms with Crippen LogP contribution in [0.1, 0.15) is 19.4 Å². The third-order valence-corrected chi connectivity index (χ3v) is 3.55. The summed E-state index contributed by atoms with van der Waals surface area (Å²) in [7, 11) is 0. The van der Waals surface area contributed by atoms with Crippen molar-refractivity contribution in [2.45, 2.75) is 31.4 Å². The van der Waals surface area contributed by atoms with Crippen molar-refractivity contribution in [3.8, 4) is 0 Å². The zero-order valence-corrected chi connectivity index (χ0v) is 11.7. The van der Waals surface area contributed by atoms with Gasteiger partial charge in [0.05, 0.1) is 17.9 Å². The fourth-order valence-electron chi connectivity index (χ4n) is 2.38. The van der Waals surface area contributed by atoms with Gasteiger partial charge in [0.15, 0.2) is 0 Å². The largest absolute Gasteiger partial charge is 0.372 e. The Morgan fingerprint density at radius 1 is 1.35 bits per heavy atom. The highest BCUT2D eigenvalue weighted by Crippen LogP contribution is 2.29. The van der Waals surface area contributed by atoms with Crippen LogP contribution in [0.15, 0.2) is 18.2 Å². The van der Waals surface area contributed by atoms with Crippen LogP contribution < -0.4 is 4.90 Å². The number of alkyl halides is 1. The van der Waals surface area contributed by atoms with Gasteiger partial charge in [-0.1, -0.05) is 28.1 Å². The number of rotatable bonds is 2. The average Bonchev–Trinajstić information content (AvgIpc) is 2.27. The van der Waals surface area contributed by atoms with E-state index in [0.717, 1.165) is 18.7 Å². The van der Waals surface area contributed by atoms with E-state index in [4.69, 9.17) is 4.74 Å². The summed E-state index contributed by atoms with van der Waals surface area (Å²) in [6, 6.07) is 5.23. The quantitative estimate of drug-likeness (QED) is 0.777. The predicted molar refractivity (Wildman–Crippen MR) is 71.3 cm³/mol. The second-order valence-corrected chi connectivity index (χ2v) is 5.10. The number of hydrogen-bond acceptors (Lipinski definition) is 2. The van der Waals surface area contributed by atoms with Crippen LogP contribution >= 0.6 is 15.9 Å². The van der Waals surface area contributed by atoms with Gasteiger partial charge in [-0.2, -0.15) is 0 Å². The van der Waals surface area contributed by atoms with Gasteiger partial charge >= 0.3 is 0 Å². The van der Waals surface area contributed by atoms with Gasteiger partial charge in [-0.05, 0) is 25.5 Å². The molecule has 1 fully saturated rings. The van der Waals surface area contributed by atoms with Crippen molar-refractivity contribution < 1.29 is 9.13 Å². The molecular formula is C13H17BrFNO. The van der Waals surface area contributed by atoms with Gasteiger partial charge in [-0.15, -0.1) is 0 Å². The predicted octanol–water partition coefficient (Wildman–Crippen LogP) is 3.33. The molecule has 1 aromatic rings. The van der Waals surface area contributed by atoms with Crippen molar-refractivity contribution in [3.63, 3.8) is 0 Å². The van der Waals surface area contributed by atoms with Crippen LogP contribution in [0.25, 0.3) is 0 Å². The molecule has 4 heteroatoms. The van der Waals surface area contributed by atoms with Gasteiger partial charge in [0.1, 0.15) is 5.82 Å². The Labute approximate surface area is 110 Å². The normalized spacial score (nSPS) is 25.1. The molecular weight excluding hydrogens is 285 g/mol. The molecule has 2 rings (SSSR count). The van der Waals surface area contributed by atoms with Crippen molar-refractivity contribution in [3.05, 3.63) is 29.6 Å². The Morgan fingerprint density at radius 2 is 2.00 bits per heavy atom. The lowest BCUT2D eigenvalue weighted by Crippen LogP contribution is -2.46. The van der Waals surface area contributed by atoms with E-state index in [0.29, 0.717) is 11.0 Å². The summed E-state index contributed by atoms with van der Waals surface area (Å²) in [5.41, 5.74) is 1.71. The first-order valence-corrected chi connectivity index (χ1v) is 6.97. The summed E-state index contributed by atoms with van der Waals surface area (Å²) in [6.07, 6.45) is 0.281. The molecule has 0 aliphatic carbocycles. The van der Waals surface area contributed by atoms with Crippen molar-refractivity contribution in [2.24, 2.45) is 0 Å². The van der Waals surface area contributed by atoms with E-state index < -0.39 is 0 Å². The maximum absolute atomic E-state index is 14.0. The highest BCUT2D eigenvalue weighted by Gasteiger charge is 2.25. The third-order valence-electron chi connectivity index (χ3n) is 2.95. The molecule has 1 aromatic carbocycles. The van der Waals surface area contributed by atoms with Gasteiger partial charge in [-0.25, -0.2) is 4.39 Å². The lowest BCUT2D eigenvalue weighted by atomic mass is 10.1. The molecule has 2 nitrogen and oxygen atoms in total. The minimum atomic E-state index is -0.150. The fraction of sp³-hybridized carbons (Fsp3) is 0.538. The first-order valence-electron chi connectivity index (χ1n) is 5.85. The smallest absolute Gasteiger partial charge is 0.146 e. The Morgan fingerprint density at radius 3 is 2.59 bits per heavy atom. The number of anilines is 1. The zero-order chi connectivity index (χ0) is 12.4. The summed E-state index contributed by atoms with van der Waals surface area (Å²) >= 11 is 3.41. The second kappa shape index (κ2) is 5.36. The number of nitrogens with zero attached hydrogens (tertiary/aromatic N) is 1. The van der Waals surface area contributed by atoms with Crippen molar-refractivity contribution >= 4 is 21.6 Å². The van der Waals surface area contributed by atoms with E-state index >= 15 is 0 Å². The molecule has 0 radical (unpaired) electrons. The number of halogens is 2. The molecule has 0 aromatic heterocycles. The highest BCUT2D eigenvalue weighted by molar-refractivity contribution is 9.08. The van der Waals surface area contributed by atoms with Crippen LogP contribution in [0.5, 0.6) is 0 Å². The van der Waals surface area contributed by atoms with Crippen LogP contribution in [0.2, 0.25) is 0 Å². The summed E-state index contributed by atoms with van der Waals surface area (Å²) in [6.45, 7) is 5.53. The molecule has 2 atom stereocenters. The first kappa shape index (κ1) is 12.8. The number of morpholine rings is 1. The highest BCUT2D eigenvalue weighted by atomic mass is 79.9. The van der Waals surface area contributed by atoms with Gasteiger partial charge in [0, 0.05) is 18.4 Å². The average molecular weight is 302 g/mol. The standard InChI is InChI=1S/C13H17BrFNO/c1-9-7-16(8-10(2)17-9)13-11(6-14)4-3-5-12(13)15/h3-5,9-10H,6-8H2,1-2H3/t9-,10+. The molecule has 1 aliphatic heterocycles. The molecule has 1 heterocycles.